The Balaban J connectivity index is 1.90. The fraction of sp³-hybridized carbons (Fsp3) is 0.533. The first kappa shape index (κ1) is 14.8. The summed E-state index contributed by atoms with van der Waals surface area (Å²) in [5.74, 6) is -0.0802. The van der Waals surface area contributed by atoms with E-state index in [9.17, 15) is 4.79 Å². The molecular weight excluding hydrogens is 252 g/mol. The maximum atomic E-state index is 11.9. The summed E-state index contributed by atoms with van der Waals surface area (Å²) in [6.45, 7) is 7.10. The normalized spacial score (nSPS) is 16.2. The zero-order chi connectivity index (χ0) is 14.4. The van der Waals surface area contributed by atoms with Crippen LogP contribution in [0.1, 0.15) is 23.7 Å². The molecule has 0 aliphatic carbocycles. The van der Waals surface area contributed by atoms with E-state index >= 15 is 0 Å². The second-order valence-electron chi connectivity index (χ2n) is 5.22. The largest absolute Gasteiger partial charge is 0.369 e. The highest BCUT2D eigenvalue weighted by molar-refractivity contribution is 5.94. The van der Waals surface area contributed by atoms with Gasteiger partial charge in [0.2, 0.25) is 0 Å². The molecule has 0 unspecified atom stereocenters. The Morgan fingerprint density at radius 3 is 2.40 bits per heavy atom. The number of nitrogens with zero attached hydrogens (tertiary/aromatic N) is 2. The number of anilines is 1. The maximum Gasteiger partial charge on any atom is 0.265 e. The van der Waals surface area contributed by atoms with Crippen LogP contribution in [0.15, 0.2) is 24.3 Å². The van der Waals surface area contributed by atoms with Gasteiger partial charge >= 0.3 is 0 Å². The predicted molar refractivity (Wildman–Crippen MR) is 81.9 cm³/mol. The summed E-state index contributed by atoms with van der Waals surface area (Å²) in [5, 5.41) is 0. The zero-order valence-corrected chi connectivity index (χ0v) is 12.4. The smallest absolute Gasteiger partial charge is 0.265 e. The van der Waals surface area contributed by atoms with Crippen molar-refractivity contribution in [2.24, 2.45) is 0 Å². The molecule has 0 radical (unpaired) electrons. The van der Waals surface area contributed by atoms with Gasteiger partial charge in [0.25, 0.3) is 5.91 Å². The standard InChI is InChI=1S/C15H24N4O/c1-3-8-16-17-15(20)13-4-6-14(7-5-13)19-11-9-18(2)10-12-19/h4-7,16H,3,8-12H2,1-2H3,(H,17,20). The number of hydrogen-bond donors (Lipinski definition) is 2. The number of carbonyl (C=O) groups is 1. The molecule has 0 saturated carbocycles. The van der Waals surface area contributed by atoms with Gasteiger partial charge in [0.1, 0.15) is 0 Å². The first-order valence-corrected chi connectivity index (χ1v) is 7.27. The number of nitrogens with one attached hydrogen (secondary N) is 2. The monoisotopic (exact) mass is 276 g/mol. The Kier molecular flexibility index (Phi) is 5.38. The summed E-state index contributed by atoms with van der Waals surface area (Å²) in [6, 6.07) is 7.83. The number of hydrazine groups is 1. The van der Waals surface area contributed by atoms with E-state index < -0.39 is 0 Å². The van der Waals surface area contributed by atoms with Crippen LogP contribution in [-0.4, -0.2) is 50.6 Å². The van der Waals surface area contributed by atoms with Crippen molar-refractivity contribution in [3.63, 3.8) is 0 Å². The predicted octanol–water partition coefficient (Wildman–Crippen LogP) is 1.08. The highest BCUT2D eigenvalue weighted by Gasteiger charge is 2.14. The molecule has 0 spiro atoms. The fourth-order valence-electron chi connectivity index (χ4n) is 2.23. The number of benzene rings is 1. The third-order valence-electron chi connectivity index (χ3n) is 3.57. The van der Waals surface area contributed by atoms with Gasteiger partial charge in [0.05, 0.1) is 0 Å². The van der Waals surface area contributed by atoms with E-state index in [1.165, 1.54) is 5.69 Å². The molecule has 110 valence electrons. The van der Waals surface area contributed by atoms with Gasteiger partial charge in [-0.3, -0.25) is 10.2 Å². The van der Waals surface area contributed by atoms with Crippen molar-refractivity contribution in [3.05, 3.63) is 29.8 Å². The van der Waals surface area contributed by atoms with Gasteiger partial charge in [-0.2, -0.15) is 0 Å². The third kappa shape index (κ3) is 3.95. The summed E-state index contributed by atoms with van der Waals surface area (Å²) in [7, 11) is 2.15. The fourth-order valence-corrected chi connectivity index (χ4v) is 2.23. The van der Waals surface area contributed by atoms with Gasteiger partial charge < -0.3 is 9.80 Å². The van der Waals surface area contributed by atoms with Crippen molar-refractivity contribution < 1.29 is 4.79 Å². The van der Waals surface area contributed by atoms with Crippen LogP contribution in [-0.2, 0) is 0 Å². The Hall–Kier alpha value is -1.59. The van der Waals surface area contributed by atoms with Gasteiger partial charge in [0.15, 0.2) is 0 Å². The van der Waals surface area contributed by atoms with Crippen LogP contribution >= 0.6 is 0 Å². The number of likely N-dealkylation sites (N-methyl/N-ethyl adjacent to an activating group) is 1. The minimum absolute atomic E-state index is 0.0802. The summed E-state index contributed by atoms with van der Waals surface area (Å²) < 4.78 is 0. The molecule has 5 heteroatoms. The molecule has 0 atom stereocenters. The van der Waals surface area contributed by atoms with E-state index in [2.05, 4.69) is 34.6 Å². The van der Waals surface area contributed by atoms with E-state index in [1.54, 1.807) is 0 Å². The van der Waals surface area contributed by atoms with Crippen molar-refractivity contribution in [1.29, 1.82) is 0 Å². The van der Waals surface area contributed by atoms with Crippen molar-refractivity contribution >= 4 is 11.6 Å². The molecule has 1 aliphatic heterocycles. The molecule has 20 heavy (non-hydrogen) atoms. The van der Waals surface area contributed by atoms with Crippen LogP contribution in [0.25, 0.3) is 0 Å². The molecule has 2 rings (SSSR count). The van der Waals surface area contributed by atoms with E-state index in [1.807, 2.05) is 24.3 Å². The SMILES string of the molecule is CCCNNC(=O)c1ccc(N2CCN(C)CC2)cc1. The Morgan fingerprint density at radius 1 is 1.15 bits per heavy atom. The highest BCUT2D eigenvalue weighted by Crippen LogP contribution is 2.16. The van der Waals surface area contributed by atoms with Gasteiger partial charge in [-0.05, 0) is 37.7 Å². The average Bonchev–Trinajstić information content (AvgIpc) is 2.48. The molecule has 1 fully saturated rings. The number of rotatable bonds is 5. The zero-order valence-electron chi connectivity index (χ0n) is 12.4. The maximum absolute atomic E-state index is 11.9. The third-order valence-corrected chi connectivity index (χ3v) is 3.57. The topological polar surface area (TPSA) is 47.6 Å². The number of carbonyl (C=O) groups excluding carboxylic acids is 1. The van der Waals surface area contributed by atoms with Crippen LogP contribution in [0.4, 0.5) is 5.69 Å². The van der Waals surface area contributed by atoms with Crippen molar-refractivity contribution in [2.75, 3.05) is 44.7 Å². The number of piperazine rings is 1. The Bertz CT molecular complexity index is 424. The highest BCUT2D eigenvalue weighted by atomic mass is 16.2. The minimum Gasteiger partial charge on any atom is -0.369 e. The minimum atomic E-state index is -0.0802. The molecule has 1 aliphatic rings. The van der Waals surface area contributed by atoms with Crippen LogP contribution in [0.2, 0.25) is 0 Å². The molecule has 1 aromatic carbocycles. The molecule has 1 aromatic rings. The van der Waals surface area contributed by atoms with Gasteiger partial charge in [-0.25, -0.2) is 5.43 Å². The molecule has 2 N–H and O–H groups in total. The molecule has 0 bridgehead atoms. The van der Waals surface area contributed by atoms with Gasteiger partial charge in [-0.1, -0.05) is 6.92 Å². The molecule has 1 saturated heterocycles. The van der Waals surface area contributed by atoms with Crippen LogP contribution in [0.3, 0.4) is 0 Å². The summed E-state index contributed by atoms with van der Waals surface area (Å²) in [4.78, 5) is 16.5. The lowest BCUT2D eigenvalue weighted by Crippen LogP contribution is -2.44. The second-order valence-corrected chi connectivity index (χ2v) is 5.22. The van der Waals surface area contributed by atoms with Crippen LogP contribution in [0.5, 0.6) is 0 Å². The number of amides is 1. The van der Waals surface area contributed by atoms with Crippen molar-refractivity contribution in [3.8, 4) is 0 Å². The van der Waals surface area contributed by atoms with E-state index in [0.29, 0.717) is 5.56 Å². The Morgan fingerprint density at radius 2 is 1.80 bits per heavy atom. The first-order chi connectivity index (χ1) is 9.70. The van der Waals surface area contributed by atoms with Gasteiger partial charge in [-0.15, -0.1) is 0 Å². The van der Waals surface area contributed by atoms with Gasteiger partial charge in [0, 0.05) is 44.0 Å². The summed E-state index contributed by atoms with van der Waals surface area (Å²) in [6.07, 6.45) is 0.989. The lowest BCUT2D eigenvalue weighted by molar-refractivity contribution is 0.0933. The number of hydrogen-bond acceptors (Lipinski definition) is 4. The van der Waals surface area contributed by atoms with E-state index in [0.717, 1.165) is 39.1 Å². The first-order valence-electron chi connectivity index (χ1n) is 7.27. The summed E-state index contributed by atoms with van der Waals surface area (Å²) in [5.41, 5.74) is 7.47. The van der Waals surface area contributed by atoms with E-state index in [4.69, 9.17) is 0 Å². The average molecular weight is 276 g/mol. The van der Waals surface area contributed by atoms with Crippen LogP contribution < -0.4 is 15.8 Å². The second kappa shape index (κ2) is 7.26. The molecule has 5 nitrogen and oxygen atoms in total. The Labute approximate surface area is 120 Å². The van der Waals surface area contributed by atoms with Crippen LogP contribution in [0, 0.1) is 0 Å². The van der Waals surface area contributed by atoms with Crippen molar-refractivity contribution in [2.45, 2.75) is 13.3 Å². The molecule has 1 heterocycles. The van der Waals surface area contributed by atoms with E-state index in [-0.39, 0.29) is 5.91 Å². The van der Waals surface area contributed by atoms with Crippen molar-refractivity contribution in [1.82, 2.24) is 15.8 Å². The molecular formula is C15H24N4O. The lowest BCUT2D eigenvalue weighted by Gasteiger charge is -2.34. The molecule has 1 amide bonds. The lowest BCUT2D eigenvalue weighted by atomic mass is 10.1. The quantitative estimate of drug-likeness (QED) is 0.624. The summed E-state index contributed by atoms with van der Waals surface area (Å²) >= 11 is 0. The molecule has 0 aromatic heterocycles.